The van der Waals surface area contributed by atoms with E-state index in [0.717, 1.165) is 12.8 Å². The van der Waals surface area contributed by atoms with Crippen LogP contribution in [0.1, 0.15) is 25.7 Å². The molecule has 0 heterocycles. The Morgan fingerprint density at radius 2 is 1.83 bits per heavy atom. The standard InChI is InChI=1S/C9H14O3/c10-8-4-5-1-2-6(8)3-7(5)9(11)12/h5-8,10H,1-4H2,(H,11,12)/t5-,6-,7?,8?/m1/s1. The fourth-order valence-corrected chi connectivity index (χ4v) is 2.70. The minimum atomic E-state index is -0.670. The topological polar surface area (TPSA) is 57.5 Å². The molecule has 0 aromatic heterocycles. The third-order valence-corrected chi connectivity index (χ3v) is 3.44. The Kier molecular flexibility index (Phi) is 1.83. The summed E-state index contributed by atoms with van der Waals surface area (Å²) >= 11 is 0. The van der Waals surface area contributed by atoms with Gasteiger partial charge in [-0.05, 0) is 37.5 Å². The zero-order valence-corrected chi connectivity index (χ0v) is 6.94. The normalized spacial score (nSPS) is 46.1. The number of rotatable bonds is 1. The first-order chi connectivity index (χ1) is 5.68. The summed E-state index contributed by atoms with van der Waals surface area (Å²) in [7, 11) is 0. The Balaban J connectivity index is 2.10. The van der Waals surface area contributed by atoms with Crippen LogP contribution < -0.4 is 0 Å². The average Bonchev–Trinajstić information content (AvgIpc) is 2.04. The lowest BCUT2D eigenvalue weighted by Gasteiger charge is -2.43. The number of carbonyl (C=O) groups is 1. The van der Waals surface area contributed by atoms with Crippen molar-refractivity contribution in [2.24, 2.45) is 17.8 Å². The van der Waals surface area contributed by atoms with Crippen molar-refractivity contribution in [1.82, 2.24) is 0 Å². The number of aliphatic carboxylic acids is 1. The van der Waals surface area contributed by atoms with E-state index in [2.05, 4.69) is 0 Å². The fourth-order valence-electron chi connectivity index (χ4n) is 2.70. The summed E-state index contributed by atoms with van der Waals surface area (Å²) in [6.45, 7) is 0. The molecule has 3 saturated carbocycles. The van der Waals surface area contributed by atoms with Gasteiger partial charge >= 0.3 is 5.97 Å². The van der Waals surface area contributed by atoms with Crippen molar-refractivity contribution in [3.8, 4) is 0 Å². The average molecular weight is 170 g/mol. The van der Waals surface area contributed by atoms with Crippen LogP contribution in [0.3, 0.4) is 0 Å². The van der Waals surface area contributed by atoms with Gasteiger partial charge in [0.05, 0.1) is 12.0 Å². The van der Waals surface area contributed by atoms with E-state index in [4.69, 9.17) is 5.11 Å². The van der Waals surface area contributed by atoms with Crippen LogP contribution in [0.5, 0.6) is 0 Å². The highest BCUT2D eigenvalue weighted by Crippen LogP contribution is 2.45. The molecule has 3 aliphatic rings. The number of carboxylic acid groups (broad SMARTS) is 1. The lowest BCUT2D eigenvalue weighted by atomic mass is 9.63. The van der Waals surface area contributed by atoms with Crippen molar-refractivity contribution in [1.29, 1.82) is 0 Å². The molecular formula is C9H14O3. The maximum atomic E-state index is 10.8. The molecule has 0 radical (unpaired) electrons. The molecule has 2 N–H and O–H groups in total. The number of fused-ring (bicyclic) bond motifs is 3. The van der Waals surface area contributed by atoms with Crippen molar-refractivity contribution < 1.29 is 15.0 Å². The van der Waals surface area contributed by atoms with Crippen molar-refractivity contribution in [2.75, 3.05) is 0 Å². The molecule has 3 rings (SSSR count). The molecule has 4 atom stereocenters. The molecule has 0 aromatic carbocycles. The summed E-state index contributed by atoms with van der Waals surface area (Å²) < 4.78 is 0. The van der Waals surface area contributed by atoms with E-state index >= 15 is 0 Å². The Morgan fingerprint density at radius 3 is 2.25 bits per heavy atom. The van der Waals surface area contributed by atoms with Crippen LogP contribution in [0.2, 0.25) is 0 Å². The molecule has 12 heavy (non-hydrogen) atoms. The number of hydrogen-bond donors (Lipinski definition) is 2. The monoisotopic (exact) mass is 170 g/mol. The first-order valence-electron chi connectivity index (χ1n) is 4.59. The second-order valence-electron chi connectivity index (χ2n) is 4.08. The highest BCUT2D eigenvalue weighted by Gasteiger charge is 2.43. The molecule has 0 amide bonds. The van der Waals surface area contributed by atoms with Gasteiger partial charge in [0.25, 0.3) is 0 Å². The smallest absolute Gasteiger partial charge is 0.306 e. The maximum Gasteiger partial charge on any atom is 0.306 e. The number of aliphatic hydroxyl groups excluding tert-OH is 1. The van der Waals surface area contributed by atoms with Crippen LogP contribution in [0.15, 0.2) is 0 Å². The zero-order valence-electron chi connectivity index (χ0n) is 6.94. The molecule has 3 nitrogen and oxygen atoms in total. The summed E-state index contributed by atoms with van der Waals surface area (Å²) in [5.74, 6) is -0.345. The third-order valence-electron chi connectivity index (χ3n) is 3.44. The van der Waals surface area contributed by atoms with E-state index in [0.29, 0.717) is 12.8 Å². The molecule has 2 unspecified atom stereocenters. The van der Waals surface area contributed by atoms with Crippen LogP contribution in [0.4, 0.5) is 0 Å². The molecule has 3 fully saturated rings. The summed E-state index contributed by atoms with van der Waals surface area (Å²) in [5, 5.41) is 18.4. The lowest BCUT2D eigenvalue weighted by Crippen LogP contribution is -2.43. The molecule has 3 heteroatoms. The second-order valence-corrected chi connectivity index (χ2v) is 4.08. The quantitative estimate of drug-likeness (QED) is 0.614. The fraction of sp³-hybridized carbons (Fsp3) is 0.889. The van der Waals surface area contributed by atoms with Crippen LogP contribution in [0.25, 0.3) is 0 Å². The summed E-state index contributed by atoms with van der Waals surface area (Å²) in [4.78, 5) is 10.8. The molecule has 0 saturated heterocycles. The Morgan fingerprint density at radius 1 is 1.17 bits per heavy atom. The number of hydrogen-bond acceptors (Lipinski definition) is 2. The number of aliphatic hydroxyl groups is 1. The van der Waals surface area contributed by atoms with Gasteiger partial charge in [0, 0.05) is 0 Å². The van der Waals surface area contributed by atoms with Crippen molar-refractivity contribution in [3.05, 3.63) is 0 Å². The lowest BCUT2D eigenvalue weighted by molar-refractivity contribution is -0.150. The molecule has 0 aromatic rings. The van der Waals surface area contributed by atoms with Gasteiger partial charge in [-0.3, -0.25) is 4.79 Å². The first kappa shape index (κ1) is 8.05. The number of carboxylic acids is 1. The Bertz CT molecular complexity index is 202. The summed E-state index contributed by atoms with van der Waals surface area (Å²) in [5.41, 5.74) is 0. The predicted molar refractivity (Wildman–Crippen MR) is 42.6 cm³/mol. The molecule has 68 valence electrons. The van der Waals surface area contributed by atoms with Gasteiger partial charge in [-0.1, -0.05) is 0 Å². The molecule has 3 aliphatic carbocycles. The molecular weight excluding hydrogens is 156 g/mol. The highest BCUT2D eigenvalue weighted by atomic mass is 16.4. The van der Waals surface area contributed by atoms with E-state index in [-0.39, 0.29) is 23.9 Å². The SMILES string of the molecule is O=C(O)C1C[C@H]2CC[C@@H]1CC2O. The van der Waals surface area contributed by atoms with Gasteiger partial charge in [-0.25, -0.2) is 0 Å². The minimum Gasteiger partial charge on any atom is -0.481 e. The van der Waals surface area contributed by atoms with Gasteiger partial charge in [0.1, 0.15) is 0 Å². The first-order valence-corrected chi connectivity index (χ1v) is 4.59. The molecule has 2 bridgehead atoms. The van der Waals surface area contributed by atoms with E-state index in [1.54, 1.807) is 0 Å². The summed E-state index contributed by atoms with van der Waals surface area (Å²) in [6.07, 6.45) is 3.20. The maximum absolute atomic E-state index is 10.8. The van der Waals surface area contributed by atoms with Gasteiger partial charge in [-0.2, -0.15) is 0 Å². The van der Waals surface area contributed by atoms with E-state index in [1.807, 2.05) is 0 Å². The van der Waals surface area contributed by atoms with Gasteiger partial charge in [0.2, 0.25) is 0 Å². The van der Waals surface area contributed by atoms with Crippen LogP contribution >= 0.6 is 0 Å². The minimum absolute atomic E-state index is 0.174. The van der Waals surface area contributed by atoms with Crippen molar-refractivity contribution in [2.45, 2.75) is 31.8 Å². The van der Waals surface area contributed by atoms with E-state index in [1.165, 1.54) is 0 Å². The van der Waals surface area contributed by atoms with Crippen LogP contribution in [-0.4, -0.2) is 22.3 Å². The molecule has 0 aliphatic heterocycles. The second kappa shape index (κ2) is 2.73. The Labute approximate surface area is 71.4 Å². The largest absolute Gasteiger partial charge is 0.481 e. The molecule has 0 spiro atoms. The van der Waals surface area contributed by atoms with Crippen LogP contribution in [0, 0.1) is 17.8 Å². The Hall–Kier alpha value is -0.570. The highest BCUT2D eigenvalue weighted by molar-refractivity contribution is 5.70. The van der Waals surface area contributed by atoms with E-state index < -0.39 is 5.97 Å². The van der Waals surface area contributed by atoms with Crippen molar-refractivity contribution >= 4 is 5.97 Å². The van der Waals surface area contributed by atoms with Gasteiger partial charge < -0.3 is 10.2 Å². The van der Waals surface area contributed by atoms with Crippen LogP contribution in [-0.2, 0) is 4.79 Å². The zero-order chi connectivity index (χ0) is 8.72. The van der Waals surface area contributed by atoms with Gasteiger partial charge in [-0.15, -0.1) is 0 Å². The third kappa shape index (κ3) is 1.12. The van der Waals surface area contributed by atoms with E-state index in [9.17, 15) is 9.90 Å². The van der Waals surface area contributed by atoms with Gasteiger partial charge in [0.15, 0.2) is 0 Å². The van der Waals surface area contributed by atoms with Crippen molar-refractivity contribution in [3.63, 3.8) is 0 Å². The summed E-state index contributed by atoms with van der Waals surface area (Å²) in [6, 6.07) is 0. The predicted octanol–water partition coefficient (Wildman–Crippen LogP) is 0.868.